The lowest BCUT2D eigenvalue weighted by Crippen LogP contribution is -2.47. The summed E-state index contributed by atoms with van der Waals surface area (Å²) in [6.07, 6.45) is 9.73. The smallest absolute Gasteiger partial charge is 0.361 e. The zero-order chi connectivity index (χ0) is 23.8. The second kappa shape index (κ2) is 9.29. The average Bonchev–Trinajstić information content (AvgIpc) is 3.37. The summed E-state index contributed by atoms with van der Waals surface area (Å²) in [4.78, 5) is 6.50. The number of imidazole rings is 1. The van der Waals surface area contributed by atoms with Crippen LogP contribution in [0.15, 0.2) is 30.7 Å². The summed E-state index contributed by atoms with van der Waals surface area (Å²) in [6.45, 7) is 1.85. The number of rotatable bonds is 6. The number of sulfonamides is 1. The van der Waals surface area contributed by atoms with Crippen LogP contribution >= 0.6 is 0 Å². The van der Waals surface area contributed by atoms with Crippen LogP contribution in [0.4, 0.5) is 18.9 Å². The Morgan fingerprint density at radius 2 is 1.88 bits per heavy atom. The molecule has 0 saturated heterocycles. The Labute approximate surface area is 193 Å². The van der Waals surface area contributed by atoms with E-state index in [0.717, 1.165) is 36.2 Å². The van der Waals surface area contributed by atoms with Crippen LogP contribution in [0.1, 0.15) is 55.3 Å². The minimum Gasteiger partial charge on any atom is -0.361 e. The molecule has 2 heterocycles. The number of aryl methyl sites for hydroxylation is 2. The number of fused-ring (bicyclic) bond motifs is 1. The molecule has 1 aromatic heterocycles. The molecule has 0 N–H and O–H groups in total. The number of anilines is 1. The quantitative estimate of drug-likeness (QED) is 0.594. The molecule has 1 fully saturated rings. The van der Waals surface area contributed by atoms with Crippen molar-refractivity contribution in [1.82, 2.24) is 13.9 Å². The topological polar surface area (TPSA) is 58.4 Å². The molecule has 6 nitrogen and oxygen atoms in total. The fourth-order valence-corrected chi connectivity index (χ4v) is 6.07. The molecule has 0 spiro atoms. The second-order valence-electron chi connectivity index (χ2n) is 9.42. The molecule has 4 rings (SSSR count). The Morgan fingerprint density at radius 1 is 1.15 bits per heavy atom. The molecule has 1 aliphatic carbocycles. The van der Waals surface area contributed by atoms with Crippen LogP contribution in [0.25, 0.3) is 0 Å². The summed E-state index contributed by atoms with van der Waals surface area (Å²) in [6, 6.07) is 5.13. The SMILES string of the molecule is Cc1ccc2c(c1)N(Cc1cn(C)cn1)[C@@H](CCC1CCCC1)CN(S(=O)(=O)C(F)(F)F)C2. The van der Waals surface area contributed by atoms with Crippen LogP contribution in [0.5, 0.6) is 0 Å². The van der Waals surface area contributed by atoms with Crippen LogP contribution < -0.4 is 4.90 Å². The van der Waals surface area contributed by atoms with Crippen molar-refractivity contribution in [2.24, 2.45) is 13.0 Å². The predicted molar refractivity (Wildman–Crippen MR) is 121 cm³/mol. The molecule has 2 aromatic rings. The van der Waals surface area contributed by atoms with Gasteiger partial charge in [0, 0.05) is 38.1 Å². The molecule has 1 aromatic carbocycles. The Hall–Kier alpha value is -2.07. The van der Waals surface area contributed by atoms with Crippen molar-refractivity contribution in [3.05, 3.63) is 47.5 Å². The van der Waals surface area contributed by atoms with E-state index < -0.39 is 15.5 Å². The molecule has 10 heteroatoms. The third-order valence-electron chi connectivity index (χ3n) is 6.86. The first-order chi connectivity index (χ1) is 15.5. The van der Waals surface area contributed by atoms with Crippen molar-refractivity contribution in [1.29, 1.82) is 0 Å². The zero-order valence-electron chi connectivity index (χ0n) is 19.1. The fourth-order valence-electron chi connectivity index (χ4n) is 5.10. The molecule has 2 aliphatic rings. The number of nitrogens with zero attached hydrogens (tertiary/aromatic N) is 4. The summed E-state index contributed by atoms with van der Waals surface area (Å²) in [7, 11) is -3.58. The van der Waals surface area contributed by atoms with E-state index in [1.165, 1.54) is 12.8 Å². The number of hydrogen-bond donors (Lipinski definition) is 0. The van der Waals surface area contributed by atoms with Crippen molar-refractivity contribution >= 4 is 15.7 Å². The molecule has 33 heavy (non-hydrogen) atoms. The van der Waals surface area contributed by atoms with Crippen molar-refractivity contribution in [2.75, 3.05) is 11.4 Å². The molecular weight excluding hydrogens is 453 g/mol. The maximum atomic E-state index is 13.5. The molecular formula is C23H31F3N4O2S. The molecule has 1 atom stereocenters. The maximum absolute atomic E-state index is 13.5. The highest BCUT2D eigenvalue weighted by Gasteiger charge is 2.51. The summed E-state index contributed by atoms with van der Waals surface area (Å²) in [5.41, 5.74) is -2.20. The van der Waals surface area contributed by atoms with E-state index in [0.29, 0.717) is 28.8 Å². The van der Waals surface area contributed by atoms with E-state index in [1.54, 1.807) is 12.4 Å². The van der Waals surface area contributed by atoms with Crippen LogP contribution in [0.3, 0.4) is 0 Å². The molecule has 0 radical (unpaired) electrons. The average molecular weight is 485 g/mol. The first-order valence-electron chi connectivity index (χ1n) is 11.4. The van der Waals surface area contributed by atoms with Gasteiger partial charge in [0.15, 0.2) is 0 Å². The highest BCUT2D eigenvalue weighted by Crippen LogP contribution is 2.37. The molecule has 182 valence electrons. The molecule has 0 amide bonds. The van der Waals surface area contributed by atoms with E-state index in [4.69, 9.17) is 0 Å². The third kappa shape index (κ3) is 5.21. The highest BCUT2D eigenvalue weighted by molar-refractivity contribution is 7.89. The lowest BCUT2D eigenvalue weighted by atomic mass is 9.97. The van der Waals surface area contributed by atoms with Gasteiger partial charge in [-0.3, -0.25) is 0 Å². The Kier molecular flexibility index (Phi) is 6.77. The highest BCUT2D eigenvalue weighted by atomic mass is 32.2. The number of aromatic nitrogens is 2. The van der Waals surface area contributed by atoms with Crippen LogP contribution in [0.2, 0.25) is 0 Å². The van der Waals surface area contributed by atoms with E-state index in [2.05, 4.69) is 9.88 Å². The fraction of sp³-hybridized carbons (Fsp3) is 0.609. The monoisotopic (exact) mass is 484 g/mol. The van der Waals surface area contributed by atoms with E-state index >= 15 is 0 Å². The molecule has 0 bridgehead atoms. The number of halogens is 3. The summed E-state index contributed by atoms with van der Waals surface area (Å²) < 4.78 is 68.0. The number of alkyl halides is 3. The lowest BCUT2D eigenvalue weighted by molar-refractivity contribution is -0.0492. The Bertz CT molecular complexity index is 1080. The number of benzene rings is 1. The van der Waals surface area contributed by atoms with Crippen LogP contribution in [-0.4, -0.2) is 40.4 Å². The van der Waals surface area contributed by atoms with E-state index in [-0.39, 0.29) is 19.1 Å². The van der Waals surface area contributed by atoms with Crippen molar-refractivity contribution < 1.29 is 21.6 Å². The van der Waals surface area contributed by atoms with Gasteiger partial charge in [0.1, 0.15) is 0 Å². The third-order valence-corrected chi connectivity index (χ3v) is 8.40. The zero-order valence-corrected chi connectivity index (χ0v) is 19.9. The predicted octanol–water partition coefficient (Wildman–Crippen LogP) is 4.74. The van der Waals surface area contributed by atoms with Crippen LogP contribution in [0, 0.1) is 12.8 Å². The second-order valence-corrected chi connectivity index (χ2v) is 11.3. The first kappa shape index (κ1) is 24.1. The van der Waals surface area contributed by atoms with Gasteiger partial charge in [0.05, 0.1) is 18.6 Å². The molecule has 1 aliphatic heterocycles. The first-order valence-corrected chi connectivity index (χ1v) is 12.9. The lowest BCUT2D eigenvalue weighted by Gasteiger charge is -2.34. The maximum Gasteiger partial charge on any atom is 0.511 e. The van der Waals surface area contributed by atoms with Gasteiger partial charge < -0.3 is 9.47 Å². The molecule has 0 unspecified atom stereocenters. The van der Waals surface area contributed by atoms with Gasteiger partial charge in [-0.1, -0.05) is 37.8 Å². The van der Waals surface area contributed by atoms with Gasteiger partial charge in [0.2, 0.25) is 0 Å². The Balaban J connectivity index is 1.74. The van der Waals surface area contributed by atoms with Crippen molar-refractivity contribution in [2.45, 2.75) is 70.1 Å². The van der Waals surface area contributed by atoms with Crippen LogP contribution in [-0.2, 0) is 30.2 Å². The van der Waals surface area contributed by atoms with Crippen molar-refractivity contribution in [3.63, 3.8) is 0 Å². The molecule has 1 saturated carbocycles. The number of hydrogen-bond acceptors (Lipinski definition) is 4. The standard InChI is InChI=1S/C23H31F3N4O2S/c1-17-7-9-19-12-29(33(31,32)23(24,25)26)15-21(10-8-18-5-3-4-6-18)30(22(19)11-17)14-20-13-28(2)16-27-20/h7,9,11,13,16,18,21H,3-6,8,10,12,14-15H2,1-2H3/t21-/m0/s1. The van der Waals surface area contributed by atoms with E-state index in [9.17, 15) is 21.6 Å². The largest absolute Gasteiger partial charge is 0.511 e. The van der Waals surface area contributed by atoms with Crippen molar-refractivity contribution in [3.8, 4) is 0 Å². The van der Waals surface area contributed by atoms with Gasteiger partial charge in [-0.15, -0.1) is 0 Å². The minimum absolute atomic E-state index is 0.199. The van der Waals surface area contributed by atoms with E-state index in [1.807, 2.05) is 36.9 Å². The van der Waals surface area contributed by atoms with Gasteiger partial charge in [-0.25, -0.2) is 13.4 Å². The normalized spacial score (nSPS) is 20.8. The van der Waals surface area contributed by atoms with Gasteiger partial charge in [-0.05, 0) is 42.9 Å². The minimum atomic E-state index is -5.45. The summed E-state index contributed by atoms with van der Waals surface area (Å²) in [5.74, 6) is 0.551. The van der Waals surface area contributed by atoms with Gasteiger partial charge in [0.25, 0.3) is 0 Å². The van der Waals surface area contributed by atoms with Gasteiger partial charge in [-0.2, -0.15) is 17.5 Å². The summed E-state index contributed by atoms with van der Waals surface area (Å²) >= 11 is 0. The Morgan fingerprint density at radius 3 is 2.52 bits per heavy atom. The van der Waals surface area contributed by atoms with Gasteiger partial charge >= 0.3 is 15.5 Å². The summed E-state index contributed by atoms with van der Waals surface area (Å²) in [5, 5.41) is 0.